The van der Waals surface area contributed by atoms with E-state index < -0.39 is 88.1 Å². The highest BCUT2D eigenvalue weighted by Crippen LogP contribution is 2.50. The van der Waals surface area contributed by atoms with Gasteiger partial charge >= 0.3 is 0 Å². The van der Waals surface area contributed by atoms with Crippen molar-refractivity contribution in [3.8, 4) is 86.0 Å². The molecule has 1 unspecified atom stereocenters. The Bertz CT molecular complexity index is 8410. The number of amides is 1. The number of pyridine rings is 5. The van der Waals surface area contributed by atoms with Crippen LogP contribution in [-0.2, 0) is 77.5 Å². The lowest BCUT2D eigenvalue weighted by Crippen LogP contribution is -2.65. The van der Waals surface area contributed by atoms with E-state index in [1.807, 2.05) is 36.7 Å². The van der Waals surface area contributed by atoms with Crippen LogP contribution in [0.2, 0.25) is 0 Å². The second kappa shape index (κ2) is 36.7. The summed E-state index contributed by atoms with van der Waals surface area (Å²) in [7, 11) is -15.6. The van der Waals surface area contributed by atoms with Crippen LogP contribution >= 0.6 is 0 Å². The molecular formula is C90H89N35O10S5. The predicted octanol–water partition coefficient (Wildman–Crippen LogP) is 9.09. The molecule has 20 heterocycles. The van der Waals surface area contributed by atoms with Gasteiger partial charge in [-0.25, -0.2) is 67.5 Å². The molecule has 15 aromatic heterocycles. The first kappa shape index (κ1) is 96.1. The van der Waals surface area contributed by atoms with Crippen molar-refractivity contribution in [2.24, 2.45) is 5.73 Å². The minimum atomic E-state index is -3.37. The second-order valence-corrected chi connectivity index (χ2v) is 47.0. The van der Waals surface area contributed by atoms with Crippen molar-refractivity contribution in [2.75, 3.05) is 89.0 Å². The summed E-state index contributed by atoms with van der Waals surface area (Å²) in [5.41, 5.74) is 15.3. The Morgan fingerprint density at radius 2 is 0.721 bits per heavy atom. The lowest BCUT2D eigenvalue weighted by Gasteiger charge is -2.49. The van der Waals surface area contributed by atoms with Gasteiger partial charge in [0.05, 0.1) is 153 Å². The van der Waals surface area contributed by atoms with Crippen molar-refractivity contribution in [1.82, 2.24) is 125 Å². The number of fused-ring (bicyclic) bond motifs is 5. The maximum atomic E-state index is 12.8. The van der Waals surface area contributed by atoms with E-state index in [0.29, 0.717) is 82.4 Å². The van der Waals surface area contributed by atoms with Crippen LogP contribution in [-0.4, -0.2) is 269 Å². The molecule has 5 aliphatic heterocycles. The molecule has 1 amide bonds. The predicted molar refractivity (Wildman–Crippen MR) is 517 cm³/mol. The molecule has 45 nitrogen and oxygen atoms in total. The zero-order valence-corrected chi connectivity index (χ0v) is 80.0. The molecule has 0 bridgehead atoms. The quantitative estimate of drug-likeness (QED) is 0.0229. The van der Waals surface area contributed by atoms with Gasteiger partial charge in [-0.15, -0.1) is 0 Å². The van der Waals surface area contributed by atoms with Gasteiger partial charge in [-0.3, -0.25) is 47.4 Å². The first-order chi connectivity index (χ1) is 66.9. The minimum Gasteiger partial charge on any atom is -0.366 e. The normalized spacial score (nSPS) is 17.6. The first-order valence-electron chi connectivity index (χ1n) is 43.6. The molecule has 0 aromatic carbocycles. The van der Waals surface area contributed by atoms with Crippen molar-refractivity contribution >= 4 is 134 Å². The number of aromatic amines is 5. The molecule has 714 valence electrons. The molecule has 1 aliphatic carbocycles. The number of carbonyl (C=O) groups is 1. The Morgan fingerprint density at radius 3 is 1.03 bits per heavy atom. The number of primary amides is 1. The maximum Gasteiger partial charge on any atom is 0.250 e. The third-order valence-electron chi connectivity index (χ3n) is 26.5. The van der Waals surface area contributed by atoms with Crippen molar-refractivity contribution in [2.45, 2.75) is 105 Å². The topological polar surface area (TPSA) is 590 Å². The fraction of sp³-hybridized carbons (Fsp3) is 0.344. The Hall–Kier alpha value is -15.6. The largest absolute Gasteiger partial charge is 0.366 e. The maximum absolute atomic E-state index is 12.8. The molecule has 5 saturated heterocycles. The summed E-state index contributed by atoms with van der Waals surface area (Å²) < 4.78 is 126. The zero-order chi connectivity index (χ0) is 99.5. The summed E-state index contributed by atoms with van der Waals surface area (Å²) >= 11 is 0. The number of nitrogens with one attached hydrogen (secondary N) is 5. The van der Waals surface area contributed by atoms with Gasteiger partial charge < -0.3 is 30.7 Å². The van der Waals surface area contributed by atoms with Crippen LogP contribution in [0, 0.1) is 76.4 Å². The fourth-order valence-corrected chi connectivity index (χ4v) is 24.9. The number of nitrogens with zero attached hydrogens (tertiary/aromatic N) is 29. The Morgan fingerprint density at radius 1 is 0.421 bits per heavy atom. The van der Waals surface area contributed by atoms with Gasteiger partial charge in [-0.2, -0.15) is 69.0 Å². The number of imidazole rings is 1. The van der Waals surface area contributed by atoms with Gasteiger partial charge in [0.2, 0.25) is 57.2 Å². The van der Waals surface area contributed by atoms with Crippen LogP contribution in [0.3, 0.4) is 0 Å². The minimum absolute atomic E-state index is 0.00441. The van der Waals surface area contributed by atoms with Crippen molar-refractivity contribution in [3.05, 3.63) is 194 Å². The Kier molecular flexibility index (Phi) is 25.2. The van der Waals surface area contributed by atoms with E-state index in [-0.39, 0.29) is 107 Å². The Balaban J connectivity index is 0.000000121. The second-order valence-electron chi connectivity index (χ2n) is 35.4. The van der Waals surface area contributed by atoms with E-state index in [2.05, 4.69) is 131 Å². The lowest BCUT2D eigenvalue weighted by molar-refractivity contribution is 0.0707. The average Bonchev–Trinajstić information content (AvgIpc) is 1.53. The van der Waals surface area contributed by atoms with Gasteiger partial charge in [-0.1, -0.05) is 0 Å². The summed E-state index contributed by atoms with van der Waals surface area (Å²) in [6, 6.07) is 20.1. The van der Waals surface area contributed by atoms with Gasteiger partial charge in [0.1, 0.15) is 50.3 Å². The number of hydrogen-bond acceptors (Lipinski definition) is 26. The number of sulfonamides is 4. The molecule has 50 heteroatoms. The summed E-state index contributed by atoms with van der Waals surface area (Å²) in [5, 5.41) is 71.9. The van der Waals surface area contributed by atoms with Crippen molar-refractivity contribution in [1.29, 1.82) is 26.3 Å². The molecule has 6 aliphatic rings. The highest BCUT2D eigenvalue weighted by atomic mass is 32.2. The van der Waals surface area contributed by atoms with Crippen LogP contribution in [0.15, 0.2) is 154 Å². The molecule has 21 rings (SSSR count). The molecule has 0 spiro atoms. The van der Waals surface area contributed by atoms with E-state index in [1.165, 1.54) is 35.8 Å². The summed E-state index contributed by atoms with van der Waals surface area (Å²) in [6.07, 6.45) is 37.4. The van der Waals surface area contributed by atoms with E-state index in [1.54, 1.807) is 161 Å². The summed E-state index contributed by atoms with van der Waals surface area (Å²) in [5.74, 6) is 3.18. The highest BCUT2D eigenvalue weighted by molar-refractivity contribution is 7.97. The third-order valence-corrected chi connectivity index (χ3v) is 35.8. The molecule has 1 atom stereocenters. The van der Waals surface area contributed by atoms with Crippen LogP contribution in [0.5, 0.6) is 0 Å². The molecule has 6 fully saturated rings. The van der Waals surface area contributed by atoms with E-state index in [4.69, 9.17) is 25.5 Å². The first-order valence-corrected chi connectivity index (χ1v) is 52.0. The number of H-pyrrole nitrogens is 5. The van der Waals surface area contributed by atoms with Crippen LogP contribution < -0.4 is 5.73 Å². The third kappa shape index (κ3) is 17.2. The van der Waals surface area contributed by atoms with Gasteiger partial charge in [0.25, 0.3) is 5.91 Å². The highest BCUT2D eigenvalue weighted by Gasteiger charge is 2.60. The lowest BCUT2D eigenvalue weighted by atomic mass is 9.89. The number of carbonyl (C=O) groups excluding carboxylic acids is 1. The number of rotatable bonds is 25. The van der Waals surface area contributed by atoms with Gasteiger partial charge in [0.15, 0.2) is 5.65 Å². The monoisotopic (exact) mass is 1980 g/mol. The van der Waals surface area contributed by atoms with Crippen LogP contribution in [0.1, 0.15) is 83.0 Å². The number of nitrogens with two attached hydrogens (primary N) is 1. The Labute approximate surface area is 803 Å². The molecule has 140 heavy (non-hydrogen) atoms. The number of hydrogen-bond donors (Lipinski definition) is 6. The van der Waals surface area contributed by atoms with E-state index >= 15 is 0 Å². The van der Waals surface area contributed by atoms with Gasteiger partial charge in [-0.05, 0) is 76.7 Å². The SMILES string of the molecule is CCS(=O)(=O)N1CC(CC#N)(n2cc(-c3c(C(N)=O)cnc4[nH]ccc34)cn2)C1.CCS(=O)(=O)N1CC(CC#N)(n2cc(-c3ccnc4nc[nH]c34)cn2)C1.[C-]#[N+]c1cnc2[nH]ccc2c1-c1cnn(C2(CC#N)CN(S(=C)(C)=O)C2)c1.[C-]#[N+]c1cnc2[nH]ccc2c1-c1cnn(C2(CC#N)CN(S(=O)(=O)C3(C)CC3)C2)c1.[C-]#[N+]c1cnc2[nH]ccc2c1-c1cnn(C2(CC#N)CN(S(=O)(=O)CC)C2)c1. The average molecular weight is 1980 g/mol. The number of nitriles is 5. The molecule has 0 radical (unpaired) electrons. The molecule has 1 saturated carbocycles. The molecule has 15 aromatic rings. The fourth-order valence-electron chi connectivity index (χ4n) is 18.1. The summed E-state index contributed by atoms with van der Waals surface area (Å²) in [6.45, 7) is 31.6. The van der Waals surface area contributed by atoms with Crippen LogP contribution in [0.25, 0.3) is 125 Å². The van der Waals surface area contributed by atoms with E-state index in [0.717, 1.165) is 71.6 Å². The van der Waals surface area contributed by atoms with E-state index in [9.17, 15) is 69.0 Å². The van der Waals surface area contributed by atoms with Crippen LogP contribution in [0.4, 0.5) is 17.1 Å². The van der Waals surface area contributed by atoms with Gasteiger partial charge in [0, 0.05) is 245 Å². The van der Waals surface area contributed by atoms with Crippen molar-refractivity contribution < 1.29 is 42.7 Å². The zero-order valence-electron chi connectivity index (χ0n) is 76.0. The smallest absolute Gasteiger partial charge is 0.250 e. The molecular weight excluding hydrogens is 1890 g/mol. The summed E-state index contributed by atoms with van der Waals surface area (Å²) in [4.78, 5) is 63.2. The van der Waals surface area contributed by atoms with Crippen molar-refractivity contribution in [3.63, 3.8) is 0 Å². The molecule has 7 N–H and O–H groups in total. The number of aromatic nitrogens is 21. The standard InChI is InChI=1S/C20H19N7O2S.C18H19N7O3S.C18H17N7O2S.C18H17N7OS.C16H17N7O2S/c1-19(4-5-19)30(28,29)26-12-20(13-26,6-7-21)27-11-14(9-25-27)17-15-3-8-23-18(15)24-10-16(17)22-2;1-2-29(27,28)24-10-18(11-24,4-5-19)25-9-12(7-23-25)15-13-3-6-21-17(13)22-8-14(15)16(20)26;1-3-28(26,27)24-11-18(12-24,5-6-19)25-10-13(8-23-25)16-14-4-7-21-17(14)22-9-15(16)20-2;1-20-15-9-22-17-14(4-7-21-17)16(15)13-8-23-25(10-13)18(5-6-19)11-24(12-18)27(2,3)26;1-2-26(24,25)22-9-16(10-22,4-5-17)23-8-12(7-21-23)13-3-6-18-15-14(13)19-11-20-15/h3,8-11H,4-6,12-13H2,1H3,(H,23,24);3,6-9H,2,4,10-11H2,1H3,(H2,20,26)(H,21,22);4,7-10H,3,5,11-12H2,1H3,(H,21,22);4,7-10H,2,5,11-12H2,3H3,(H,21,22);3,6-8,11H,2,4,9-10H2,1H3,(H,18,19,20).